The van der Waals surface area contributed by atoms with Crippen LogP contribution in [0.2, 0.25) is 0 Å². The van der Waals surface area contributed by atoms with Gasteiger partial charge in [0.25, 0.3) is 5.89 Å². The molecule has 3 fully saturated rings. The first-order valence-corrected chi connectivity index (χ1v) is 15.2. The fourth-order valence-electron chi connectivity index (χ4n) is 5.80. The molecule has 2 aromatic heterocycles. The molecule has 0 bridgehead atoms. The van der Waals surface area contributed by atoms with Gasteiger partial charge in [-0.25, -0.2) is 4.79 Å². The lowest BCUT2D eigenvalue weighted by molar-refractivity contribution is -0.128. The predicted molar refractivity (Wildman–Crippen MR) is 162 cm³/mol. The van der Waals surface area contributed by atoms with Crippen molar-refractivity contribution in [2.24, 2.45) is 0 Å². The van der Waals surface area contributed by atoms with Gasteiger partial charge in [0, 0.05) is 54.2 Å². The molecule has 0 unspecified atom stereocenters. The number of ether oxygens (including phenoxy) is 1. The van der Waals surface area contributed by atoms with Crippen LogP contribution >= 0.6 is 0 Å². The molecule has 2 aliphatic heterocycles. The molecule has 1 aliphatic carbocycles. The van der Waals surface area contributed by atoms with E-state index >= 15 is 0 Å². The smallest absolute Gasteiger partial charge is 0.318 e. The number of likely N-dealkylation sites (tertiary alicyclic amines) is 1. The second kappa shape index (κ2) is 11.4. The topological polar surface area (TPSA) is 127 Å². The molecule has 226 valence electrons. The summed E-state index contributed by atoms with van der Waals surface area (Å²) < 4.78 is 12.1. The number of aromatic nitrogens is 4. The van der Waals surface area contributed by atoms with Gasteiger partial charge in [0.2, 0.25) is 5.91 Å². The standard InChI is InChI=1S/C33H35N7O4/c1-19(2)27-12-13-28(37-36-27)21-6-10-26(11-7-21)43-29-14-22(4-5-23(29)17-39-16-20(3)34-33(39)42)32-35-31(38-44-32)24-15-30(41)40(18-24)25-8-9-25/h4-7,10-14,19-20,24-25H,8-9,15-18H2,1-3H3,(H,34,42)/t20-,24+/m1/s1. The molecule has 11 heteroatoms. The maximum absolute atomic E-state index is 12.5. The Morgan fingerprint density at radius 1 is 1.00 bits per heavy atom. The third-order valence-electron chi connectivity index (χ3n) is 8.43. The predicted octanol–water partition coefficient (Wildman–Crippen LogP) is 5.50. The molecule has 4 aromatic rings. The lowest BCUT2D eigenvalue weighted by Crippen LogP contribution is -2.28. The van der Waals surface area contributed by atoms with Crippen LogP contribution in [0, 0.1) is 0 Å². The van der Waals surface area contributed by atoms with E-state index in [1.54, 1.807) is 4.90 Å². The SMILES string of the molecule is CC(C)c1ccc(-c2ccc(Oc3cc(-c4nc([C@H]5CC(=O)N(C6CC6)C5)no4)ccc3CN3C[C@@H](C)NC3=O)cc2)nn1. The van der Waals surface area contributed by atoms with Gasteiger partial charge in [0.05, 0.1) is 17.9 Å². The van der Waals surface area contributed by atoms with E-state index in [9.17, 15) is 9.59 Å². The van der Waals surface area contributed by atoms with Crippen molar-refractivity contribution in [1.29, 1.82) is 0 Å². The second-order valence-corrected chi connectivity index (χ2v) is 12.3. The number of hydrogen-bond donors (Lipinski definition) is 1. The van der Waals surface area contributed by atoms with Crippen LogP contribution in [-0.2, 0) is 11.3 Å². The van der Waals surface area contributed by atoms with E-state index in [4.69, 9.17) is 9.26 Å². The zero-order valence-electron chi connectivity index (χ0n) is 25.1. The number of amides is 3. The number of nitrogens with one attached hydrogen (secondary N) is 1. The van der Waals surface area contributed by atoms with Crippen molar-refractivity contribution >= 4 is 11.9 Å². The molecule has 0 spiro atoms. The van der Waals surface area contributed by atoms with Gasteiger partial charge in [0.1, 0.15) is 11.5 Å². The number of rotatable bonds is 9. The number of carbonyl (C=O) groups excluding carboxylic acids is 2. The maximum Gasteiger partial charge on any atom is 0.318 e. The average molecular weight is 594 g/mol. The first-order chi connectivity index (χ1) is 21.3. The molecule has 7 rings (SSSR count). The highest BCUT2D eigenvalue weighted by molar-refractivity contribution is 5.80. The average Bonchev–Trinajstić information content (AvgIpc) is 3.45. The second-order valence-electron chi connectivity index (χ2n) is 12.3. The zero-order valence-corrected chi connectivity index (χ0v) is 25.1. The molecule has 0 radical (unpaired) electrons. The first-order valence-electron chi connectivity index (χ1n) is 15.2. The summed E-state index contributed by atoms with van der Waals surface area (Å²) in [7, 11) is 0. The van der Waals surface area contributed by atoms with Gasteiger partial charge in [-0.1, -0.05) is 25.1 Å². The van der Waals surface area contributed by atoms with E-state index in [0.717, 1.165) is 35.4 Å². The quantitative estimate of drug-likeness (QED) is 0.270. The molecule has 1 saturated carbocycles. The molecule has 1 N–H and O–H groups in total. The van der Waals surface area contributed by atoms with Crippen LogP contribution in [0.1, 0.15) is 69.0 Å². The van der Waals surface area contributed by atoms with Gasteiger partial charge in [-0.05, 0) is 74.2 Å². The van der Waals surface area contributed by atoms with Crippen molar-refractivity contribution < 1.29 is 18.8 Å². The molecular formula is C33H35N7O4. The van der Waals surface area contributed by atoms with Crippen molar-refractivity contribution in [3.05, 3.63) is 71.7 Å². The normalized spacial score (nSPS) is 20.1. The van der Waals surface area contributed by atoms with Crippen molar-refractivity contribution in [2.75, 3.05) is 13.1 Å². The van der Waals surface area contributed by atoms with Gasteiger partial charge >= 0.3 is 6.03 Å². The van der Waals surface area contributed by atoms with Crippen LogP contribution in [-0.4, -0.2) is 67.2 Å². The van der Waals surface area contributed by atoms with E-state index < -0.39 is 0 Å². The summed E-state index contributed by atoms with van der Waals surface area (Å²) in [6, 6.07) is 17.7. The van der Waals surface area contributed by atoms with Gasteiger partial charge in [0.15, 0.2) is 5.82 Å². The van der Waals surface area contributed by atoms with Gasteiger partial charge < -0.3 is 24.4 Å². The highest BCUT2D eigenvalue weighted by Gasteiger charge is 2.41. The summed E-state index contributed by atoms with van der Waals surface area (Å²) in [5.41, 5.74) is 4.21. The first kappa shape index (κ1) is 28.0. The molecule has 2 aromatic carbocycles. The van der Waals surface area contributed by atoms with Gasteiger partial charge in [-0.2, -0.15) is 15.2 Å². The minimum atomic E-state index is -0.102. The molecule has 2 saturated heterocycles. The summed E-state index contributed by atoms with van der Waals surface area (Å²) >= 11 is 0. The molecule has 11 nitrogen and oxygen atoms in total. The van der Waals surface area contributed by atoms with Crippen molar-refractivity contribution in [3.8, 4) is 34.2 Å². The third kappa shape index (κ3) is 5.73. The summed E-state index contributed by atoms with van der Waals surface area (Å²) in [6.07, 6.45) is 2.55. The number of nitrogens with zero attached hydrogens (tertiary/aromatic N) is 6. The molecule has 2 atom stereocenters. The maximum atomic E-state index is 12.5. The third-order valence-corrected chi connectivity index (χ3v) is 8.43. The minimum absolute atomic E-state index is 0.0731. The number of hydrogen-bond acceptors (Lipinski definition) is 8. The van der Waals surface area contributed by atoms with E-state index in [0.29, 0.717) is 66.8 Å². The molecular weight excluding hydrogens is 558 g/mol. The van der Waals surface area contributed by atoms with E-state index in [2.05, 4.69) is 39.5 Å². The lowest BCUT2D eigenvalue weighted by Gasteiger charge is -2.18. The number of urea groups is 1. The molecule has 44 heavy (non-hydrogen) atoms. The summed E-state index contributed by atoms with van der Waals surface area (Å²) in [4.78, 5) is 33.4. The highest BCUT2D eigenvalue weighted by Crippen LogP contribution is 2.37. The monoisotopic (exact) mass is 593 g/mol. The van der Waals surface area contributed by atoms with E-state index in [1.807, 2.05) is 66.4 Å². The van der Waals surface area contributed by atoms with Crippen LogP contribution in [0.15, 0.2) is 59.1 Å². The Kier molecular flexibility index (Phi) is 7.23. The van der Waals surface area contributed by atoms with Crippen LogP contribution in [0.5, 0.6) is 11.5 Å². The van der Waals surface area contributed by atoms with Crippen LogP contribution in [0.4, 0.5) is 4.79 Å². The van der Waals surface area contributed by atoms with Crippen molar-refractivity contribution in [3.63, 3.8) is 0 Å². The minimum Gasteiger partial charge on any atom is -0.457 e. The van der Waals surface area contributed by atoms with Gasteiger partial charge in [-0.15, -0.1) is 0 Å². The largest absolute Gasteiger partial charge is 0.457 e. The number of benzene rings is 2. The Morgan fingerprint density at radius 3 is 2.48 bits per heavy atom. The lowest BCUT2D eigenvalue weighted by atomic mass is 10.1. The van der Waals surface area contributed by atoms with Gasteiger partial charge in [-0.3, -0.25) is 4.79 Å². The van der Waals surface area contributed by atoms with E-state index in [1.165, 1.54) is 0 Å². The van der Waals surface area contributed by atoms with Crippen LogP contribution < -0.4 is 10.1 Å². The number of carbonyl (C=O) groups is 2. The highest BCUT2D eigenvalue weighted by atomic mass is 16.5. The Hall–Kier alpha value is -4.80. The summed E-state index contributed by atoms with van der Waals surface area (Å²) in [6.45, 7) is 7.79. The molecule has 3 aliphatic rings. The zero-order chi connectivity index (χ0) is 30.4. The Balaban J connectivity index is 1.14. The van der Waals surface area contributed by atoms with Crippen molar-refractivity contribution in [1.82, 2.24) is 35.5 Å². The van der Waals surface area contributed by atoms with Crippen LogP contribution in [0.25, 0.3) is 22.7 Å². The summed E-state index contributed by atoms with van der Waals surface area (Å²) in [5, 5.41) is 15.9. The Labute approximate surface area is 255 Å². The fraction of sp³-hybridized carbons (Fsp3) is 0.394. The summed E-state index contributed by atoms with van der Waals surface area (Å²) in [5.74, 6) is 2.53. The van der Waals surface area contributed by atoms with Crippen LogP contribution in [0.3, 0.4) is 0 Å². The van der Waals surface area contributed by atoms with Crippen molar-refractivity contribution in [2.45, 2.75) is 70.5 Å². The van der Waals surface area contributed by atoms with E-state index in [-0.39, 0.29) is 23.9 Å². The fourth-order valence-corrected chi connectivity index (χ4v) is 5.80. The Morgan fingerprint density at radius 2 is 1.80 bits per heavy atom. The Bertz CT molecular complexity index is 1680. The molecule has 4 heterocycles. The molecule has 3 amide bonds.